The van der Waals surface area contributed by atoms with Crippen molar-refractivity contribution in [2.75, 3.05) is 6.54 Å². The number of furan rings is 1. The van der Waals surface area contributed by atoms with E-state index in [4.69, 9.17) is 9.52 Å². The van der Waals surface area contributed by atoms with E-state index in [1.165, 1.54) is 12.5 Å². The molecular weight excluding hydrogens is 230 g/mol. The van der Waals surface area contributed by atoms with E-state index >= 15 is 0 Å². The maximum atomic E-state index is 11.4. The van der Waals surface area contributed by atoms with Crippen molar-refractivity contribution in [3.63, 3.8) is 0 Å². The summed E-state index contributed by atoms with van der Waals surface area (Å²) in [6.07, 6.45) is 3.72. The molecule has 0 spiro atoms. The van der Waals surface area contributed by atoms with Gasteiger partial charge in [0.25, 0.3) is 0 Å². The van der Waals surface area contributed by atoms with Crippen LogP contribution in [0.4, 0.5) is 0 Å². The van der Waals surface area contributed by atoms with Gasteiger partial charge in [0, 0.05) is 18.5 Å². The number of aliphatic hydroxyl groups excluding tert-OH is 1. The molecule has 4 heteroatoms. The molecule has 1 saturated carbocycles. The SMILES string of the molecule is CC1CC1c1ccc(/C=C/C(=O)NC[C@H](C)O)o1. The van der Waals surface area contributed by atoms with Crippen LogP contribution in [0.25, 0.3) is 6.08 Å². The van der Waals surface area contributed by atoms with E-state index in [1.807, 2.05) is 12.1 Å². The van der Waals surface area contributed by atoms with Gasteiger partial charge in [-0.15, -0.1) is 0 Å². The zero-order valence-electron chi connectivity index (χ0n) is 10.7. The summed E-state index contributed by atoms with van der Waals surface area (Å²) in [6.45, 7) is 4.08. The van der Waals surface area contributed by atoms with Crippen LogP contribution in [0, 0.1) is 5.92 Å². The third kappa shape index (κ3) is 3.47. The van der Waals surface area contributed by atoms with Crippen molar-refractivity contribution in [3.05, 3.63) is 29.7 Å². The molecule has 18 heavy (non-hydrogen) atoms. The quantitative estimate of drug-likeness (QED) is 0.784. The Morgan fingerprint density at radius 2 is 2.39 bits per heavy atom. The average Bonchev–Trinajstić information content (AvgIpc) is 2.88. The summed E-state index contributed by atoms with van der Waals surface area (Å²) in [6, 6.07) is 3.85. The third-order valence-electron chi connectivity index (χ3n) is 3.09. The molecule has 4 nitrogen and oxygen atoms in total. The van der Waals surface area contributed by atoms with Gasteiger partial charge in [0.2, 0.25) is 5.91 Å². The molecule has 1 aliphatic carbocycles. The summed E-state index contributed by atoms with van der Waals surface area (Å²) in [4.78, 5) is 11.4. The summed E-state index contributed by atoms with van der Waals surface area (Å²) in [5.74, 6) is 2.73. The van der Waals surface area contributed by atoms with Gasteiger partial charge in [0.15, 0.2) is 0 Å². The minimum atomic E-state index is -0.533. The van der Waals surface area contributed by atoms with Crippen molar-refractivity contribution in [2.24, 2.45) is 5.92 Å². The van der Waals surface area contributed by atoms with Crippen LogP contribution in [-0.4, -0.2) is 23.7 Å². The lowest BCUT2D eigenvalue weighted by Crippen LogP contribution is -2.28. The first-order chi connectivity index (χ1) is 8.56. The minimum Gasteiger partial charge on any atom is -0.461 e. The van der Waals surface area contributed by atoms with Crippen LogP contribution >= 0.6 is 0 Å². The van der Waals surface area contributed by atoms with Crippen LogP contribution < -0.4 is 5.32 Å². The van der Waals surface area contributed by atoms with Gasteiger partial charge in [-0.25, -0.2) is 0 Å². The Kier molecular flexibility index (Phi) is 3.87. The van der Waals surface area contributed by atoms with E-state index in [2.05, 4.69) is 12.2 Å². The monoisotopic (exact) mass is 249 g/mol. The number of hydrogen-bond acceptors (Lipinski definition) is 3. The molecule has 2 rings (SSSR count). The molecule has 1 fully saturated rings. The number of rotatable bonds is 5. The van der Waals surface area contributed by atoms with Gasteiger partial charge in [0.1, 0.15) is 11.5 Å². The standard InChI is InChI=1S/C14H19NO3/c1-9-7-12(9)13-5-3-11(18-13)4-6-14(17)15-8-10(2)16/h3-6,9-10,12,16H,7-8H2,1-2H3,(H,15,17)/b6-4+/t9?,10-,12?/m0/s1. The lowest BCUT2D eigenvalue weighted by Gasteiger charge is -2.03. The molecular formula is C14H19NO3. The fraction of sp³-hybridized carbons (Fsp3) is 0.500. The molecule has 98 valence electrons. The summed E-state index contributed by atoms with van der Waals surface area (Å²) in [7, 11) is 0. The lowest BCUT2D eigenvalue weighted by atomic mass is 10.3. The predicted molar refractivity (Wildman–Crippen MR) is 69.0 cm³/mol. The van der Waals surface area contributed by atoms with E-state index in [-0.39, 0.29) is 12.5 Å². The highest BCUT2D eigenvalue weighted by Crippen LogP contribution is 2.47. The van der Waals surface area contributed by atoms with Gasteiger partial charge in [-0.2, -0.15) is 0 Å². The van der Waals surface area contributed by atoms with Crippen LogP contribution in [0.5, 0.6) is 0 Å². The first kappa shape index (κ1) is 12.9. The zero-order chi connectivity index (χ0) is 13.1. The van der Waals surface area contributed by atoms with Crippen molar-refractivity contribution in [1.29, 1.82) is 0 Å². The van der Waals surface area contributed by atoms with E-state index < -0.39 is 6.10 Å². The second kappa shape index (κ2) is 5.40. The maximum absolute atomic E-state index is 11.4. The van der Waals surface area contributed by atoms with Crippen molar-refractivity contribution in [1.82, 2.24) is 5.32 Å². The summed E-state index contributed by atoms with van der Waals surface area (Å²) in [5.41, 5.74) is 0. The first-order valence-electron chi connectivity index (χ1n) is 6.30. The number of carbonyl (C=O) groups is 1. The van der Waals surface area contributed by atoms with Gasteiger partial charge in [0.05, 0.1) is 6.10 Å². The van der Waals surface area contributed by atoms with Crippen LogP contribution in [0.1, 0.15) is 37.7 Å². The lowest BCUT2D eigenvalue weighted by molar-refractivity contribution is -0.116. The molecule has 1 amide bonds. The van der Waals surface area contributed by atoms with Gasteiger partial charge in [-0.1, -0.05) is 6.92 Å². The Labute approximate surface area is 107 Å². The minimum absolute atomic E-state index is 0.228. The molecule has 1 aliphatic rings. The highest BCUT2D eigenvalue weighted by Gasteiger charge is 2.36. The molecule has 0 aromatic carbocycles. The highest BCUT2D eigenvalue weighted by atomic mass is 16.3. The topological polar surface area (TPSA) is 62.5 Å². The molecule has 0 saturated heterocycles. The van der Waals surface area contributed by atoms with Crippen LogP contribution in [0.2, 0.25) is 0 Å². The van der Waals surface area contributed by atoms with E-state index in [1.54, 1.807) is 13.0 Å². The first-order valence-corrected chi connectivity index (χ1v) is 6.30. The van der Waals surface area contributed by atoms with Crippen LogP contribution in [0.15, 0.2) is 22.6 Å². The molecule has 0 bridgehead atoms. The van der Waals surface area contributed by atoms with Gasteiger partial charge in [-0.3, -0.25) is 4.79 Å². The molecule has 0 aliphatic heterocycles. The number of amides is 1. The summed E-state index contributed by atoms with van der Waals surface area (Å²) < 4.78 is 5.64. The largest absolute Gasteiger partial charge is 0.461 e. The summed E-state index contributed by atoms with van der Waals surface area (Å²) >= 11 is 0. The second-order valence-corrected chi connectivity index (χ2v) is 4.99. The Morgan fingerprint density at radius 3 is 3.00 bits per heavy atom. The van der Waals surface area contributed by atoms with Crippen molar-refractivity contribution in [3.8, 4) is 0 Å². The van der Waals surface area contributed by atoms with Crippen LogP contribution in [0.3, 0.4) is 0 Å². The van der Waals surface area contributed by atoms with Gasteiger partial charge < -0.3 is 14.8 Å². The van der Waals surface area contributed by atoms with Crippen molar-refractivity contribution >= 4 is 12.0 Å². The molecule has 3 atom stereocenters. The molecule has 1 aromatic heterocycles. The van der Waals surface area contributed by atoms with E-state index in [0.29, 0.717) is 17.6 Å². The van der Waals surface area contributed by atoms with Crippen LogP contribution in [-0.2, 0) is 4.79 Å². The molecule has 0 radical (unpaired) electrons. The fourth-order valence-corrected chi connectivity index (χ4v) is 1.84. The molecule has 1 aromatic rings. The number of nitrogens with one attached hydrogen (secondary N) is 1. The molecule has 1 heterocycles. The Morgan fingerprint density at radius 1 is 1.67 bits per heavy atom. The predicted octanol–water partition coefficient (Wildman–Crippen LogP) is 1.91. The average molecular weight is 249 g/mol. The number of carbonyl (C=O) groups excluding carboxylic acids is 1. The normalized spacial score (nSPS) is 24.2. The zero-order valence-corrected chi connectivity index (χ0v) is 10.7. The van der Waals surface area contributed by atoms with Gasteiger partial charge >= 0.3 is 0 Å². The second-order valence-electron chi connectivity index (χ2n) is 4.99. The number of hydrogen-bond donors (Lipinski definition) is 2. The van der Waals surface area contributed by atoms with Gasteiger partial charge in [-0.05, 0) is 37.5 Å². The third-order valence-corrected chi connectivity index (χ3v) is 3.09. The van der Waals surface area contributed by atoms with Crippen molar-refractivity contribution < 1.29 is 14.3 Å². The molecule has 2 N–H and O–H groups in total. The summed E-state index contributed by atoms with van der Waals surface area (Å²) in [5, 5.41) is 11.6. The number of aliphatic hydroxyl groups is 1. The van der Waals surface area contributed by atoms with Crippen molar-refractivity contribution in [2.45, 2.75) is 32.3 Å². The van der Waals surface area contributed by atoms with E-state index in [9.17, 15) is 4.79 Å². The Balaban J connectivity index is 1.85. The Bertz CT molecular complexity index is 448. The maximum Gasteiger partial charge on any atom is 0.244 e. The fourth-order valence-electron chi connectivity index (χ4n) is 1.84. The smallest absolute Gasteiger partial charge is 0.244 e. The molecule has 2 unspecified atom stereocenters. The van der Waals surface area contributed by atoms with E-state index in [0.717, 1.165) is 5.76 Å². The Hall–Kier alpha value is -1.55. The highest BCUT2D eigenvalue weighted by molar-refractivity contribution is 5.91.